The van der Waals surface area contributed by atoms with Gasteiger partial charge in [0, 0.05) is 31.1 Å². The molecular formula is C16H17FN2O2S. The van der Waals surface area contributed by atoms with E-state index in [0.717, 1.165) is 12.1 Å². The first kappa shape index (κ1) is 15.0. The number of methoxy groups -OCH3 is 1. The zero-order valence-corrected chi connectivity index (χ0v) is 13.0. The van der Waals surface area contributed by atoms with E-state index in [9.17, 15) is 9.18 Å². The lowest BCUT2D eigenvalue weighted by molar-refractivity contribution is 0.0639. The molecule has 1 aliphatic rings. The molecule has 0 aliphatic carbocycles. The summed E-state index contributed by atoms with van der Waals surface area (Å²) < 4.78 is 18.6. The van der Waals surface area contributed by atoms with Crippen LogP contribution in [0.2, 0.25) is 0 Å². The van der Waals surface area contributed by atoms with Gasteiger partial charge >= 0.3 is 0 Å². The van der Waals surface area contributed by atoms with Gasteiger partial charge in [0.15, 0.2) is 0 Å². The highest BCUT2D eigenvalue weighted by molar-refractivity contribution is 7.12. The molecule has 0 saturated carbocycles. The smallest absolute Gasteiger partial charge is 0.264 e. The van der Waals surface area contributed by atoms with Crippen molar-refractivity contribution in [3.63, 3.8) is 0 Å². The number of thiophene rings is 1. The highest BCUT2D eigenvalue weighted by Crippen LogP contribution is 2.28. The number of piperazine rings is 1. The van der Waals surface area contributed by atoms with Gasteiger partial charge in [0.1, 0.15) is 11.6 Å². The third-order valence-corrected chi connectivity index (χ3v) is 4.66. The molecule has 1 N–H and O–H groups in total. The summed E-state index contributed by atoms with van der Waals surface area (Å²) in [5.74, 6) is 0.364. The standard InChI is InChI=1S/C16H17FN2O2S/c1-21-13-8-15(22-10-13)16(20)19-6-5-18-9-14(19)11-3-2-4-12(17)7-11/h2-4,7-8,10,14,18H,5-6,9H2,1H3. The quantitative estimate of drug-likeness (QED) is 0.945. The number of benzene rings is 1. The number of ether oxygens (including phenoxy) is 1. The second-order valence-electron chi connectivity index (χ2n) is 5.12. The lowest BCUT2D eigenvalue weighted by Crippen LogP contribution is -2.48. The Kier molecular flexibility index (Phi) is 4.40. The Labute approximate surface area is 132 Å². The van der Waals surface area contributed by atoms with Gasteiger partial charge in [-0.1, -0.05) is 12.1 Å². The van der Waals surface area contributed by atoms with Crippen molar-refractivity contribution >= 4 is 17.2 Å². The first-order valence-corrected chi connectivity index (χ1v) is 7.96. The van der Waals surface area contributed by atoms with Crippen molar-refractivity contribution in [1.82, 2.24) is 10.2 Å². The Morgan fingerprint density at radius 2 is 2.32 bits per heavy atom. The summed E-state index contributed by atoms with van der Waals surface area (Å²) in [7, 11) is 1.58. The molecule has 2 heterocycles. The minimum atomic E-state index is -0.284. The minimum Gasteiger partial charge on any atom is -0.496 e. The fourth-order valence-corrected chi connectivity index (χ4v) is 3.45. The van der Waals surface area contributed by atoms with Gasteiger partial charge in [-0.25, -0.2) is 4.39 Å². The van der Waals surface area contributed by atoms with E-state index in [-0.39, 0.29) is 17.8 Å². The van der Waals surface area contributed by atoms with Crippen LogP contribution in [0.5, 0.6) is 5.75 Å². The highest BCUT2D eigenvalue weighted by atomic mass is 32.1. The topological polar surface area (TPSA) is 41.6 Å². The number of nitrogens with zero attached hydrogens (tertiary/aromatic N) is 1. The molecule has 0 radical (unpaired) electrons. The molecule has 22 heavy (non-hydrogen) atoms. The molecule has 4 nitrogen and oxygen atoms in total. The molecule has 1 fully saturated rings. The van der Waals surface area contributed by atoms with Crippen LogP contribution >= 0.6 is 11.3 Å². The minimum absolute atomic E-state index is 0.0379. The van der Waals surface area contributed by atoms with Gasteiger partial charge in [0.2, 0.25) is 0 Å². The molecule has 0 bridgehead atoms. The first-order valence-electron chi connectivity index (χ1n) is 7.08. The highest BCUT2D eigenvalue weighted by Gasteiger charge is 2.29. The van der Waals surface area contributed by atoms with Crippen molar-refractivity contribution in [3.8, 4) is 5.75 Å². The molecule has 1 aromatic heterocycles. The van der Waals surface area contributed by atoms with Crippen LogP contribution < -0.4 is 10.1 Å². The van der Waals surface area contributed by atoms with Gasteiger partial charge < -0.3 is 15.0 Å². The van der Waals surface area contributed by atoms with E-state index in [4.69, 9.17) is 4.74 Å². The summed E-state index contributed by atoms with van der Waals surface area (Å²) in [6.45, 7) is 1.96. The maximum atomic E-state index is 13.5. The van der Waals surface area contributed by atoms with Gasteiger partial charge in [0.25, 0.3) is 5.91 Å². The SMILES string of the molecule is COc1csc(C(=O)N2CCNCC2c2cccc(F)c2)c1. The van der Waals surface area contributed by atoms with Gasteiger partial charge in [-0.15, -0.1) is 11.3 Å². The summed E-state index contributed by atoms with van der Waals surface area (Å²) >= 11 is 1.37. The van der Waals surface area contributed by atoms with Crippen molar-refractivity contribution in [1.29, 1.82) is 0 Å². The Morgan fingerprint density at radius 1 is 1.45 bits per heavy atom. The van der Waals surface area contributed by atoms with Gasteiger partial charge in [-0.05, 0) is 17.7 Å². The molecule has 6 heteroatoms. The molecule has 2 aromatic rings. The number of hydrogen-bond acceptors (Lipinski definition) is 4. The molecule has 1 saturated heterocycles. The van der Waals surface area contributed by atoms with E-state index < -0.39 is 0 Å². The Bertz CT molecular complexity index is 674. The molecule has 1 atom stereocenters. The molecule has 1 amide bonds. The monoisotopic (exact) mass is 320 g/mol. The summed E-state index contributed by atoms with van der Waals surface area (Å²) in [5.41, 5.74) is 0.809. The lowest BCUT2D eigenvalue weighted by atomic mass is 10.0. The largest absolute Gasteiger partial charge is 0.496 e. The number of rotatable bonds is 3. The van der Waals surface area contributed by atoms with Crippen molar-refractivity contribution in [2.45, 2.75) is 6.04 Å². The summed E-state index contributed by atoms with van der Waals surface area (Å²) in [6, 6.07) is 8.03. The zero-order chi connectivity index (χ0) is 15.5. The van der Waals surface area contributed by atoms with Crippen LogP contribution in [-0.4, -0.2) is 37.6 Å². The lowest BCUT2D eigenvalue weighted by Gasteiger charge is -2.36. The summed E-state index contributed by atoms with van der Waals surface area (Å²) in [6.07, 6.45) is 0. The number of carbonyl (C=O) groups is 1. The zero-order valence-electron chi connectivity index (χ0n) is 12.2. The molecule has 3 rings (SSSR count). The van der Waals surface area contributed by atoms with E-state index in [1.54, 1.807) is 24.1 Å². The predicted molar refractivity (Wildman–Crippen MR) is 83.9 cm³/mol. The van der Waals surface area contributed by atoms with Crippen molar-refractivity contribution in [2.24, 2.45) is 0 Å². The van der Waals surface area contributed by atoms with Crippen LogP contribution in [0.1, 0.15) is 21.3 Å². The summed E-state index contributed by atoms with van der Waals surface area (Å²) in [4.78, 5) is 15.2. The molecule has 0 spiro atoms. The third-order valence-electron chi connectivity index (χ3n) is 3.76. The van der Waals surface area contributed by atoms with Crippen LogP contribution in [0.3, 0.4) is 0 Å². The van der Waals surface area contributed by atoms with Crippen molar-refractivity contribution in [2.75, 3.05) is 26.7 Å². The molecule has 1 aliphatic heterocycles. The van der Waals surface area contributed by atoms with Crippen LogP contribution in [0.15, 0.2) is 35.7 Å². The van der Waals surface area contributed by atoms with Gasteiger partial charge in [0.05, 0.1) is 18.0 Å². The maximum Gasteiger partial charge on any atom is 0.264 e. The van der Waals surface area contributed by atoms with E-state index in [1.165, 1.54) is 23.5 Å². The Balaban J connectivity index is 1.87. The Morgan fingerprint density at radius 3 is 3.05 bits per heavy atom. The first-order chi connectivity index (χ1) is 10.7. The molecule has 1 unspecified atom stereocenters. The average Bonchev–Trinajstić information content (AvgIpc) is 3.03. The van der Waals surface area contributed by atoms with Crippen molar-refractivity contribution < 1.29 is 13.9 Å². The average molecular weight is 320 g/mol. The van der Waals surface area contributed by atoms with Gasteiger partial charge in [-0.3, -0.25) is 4.79 Å². The van der Waals surface area contributed by atoms with E-state index in [2.05, 4.69) is 5.32 Å². The van der Waals surface area contributed by atoms with E-state index >= 15 is 0 Å². The van der Waals surface area contributed by atoms with Gasteiger partial charge in [-0.2, -0.15) is 0 Å². The number of hydrogen-bond donors (Lipinski definition) is 1. The number of nitrogens with one attached hydrogen (secondary N) is 1. The molecule has 116 valence electrons. The third kappa shape index (κ3) is 2.98. The van der Waals surface area contributed by atoms with Crippen LogP contribution in [-0.2, 0) is 0 Å². The normalized spacial score (nSPS) is 18.3. The number of halogens is 1. The number of amides is 1. The second kappa shape index (κ2) is 6.46. The van der Waals surface area contributed by atoms with Crippen molar-refractivity contribution in [3.05, 3.63) is 52.0 Å². The van der Waals surface area contributed by atoms with Crippen LogP contribution in [0.4, 0.5) is 4.39 Å². The number of carbonyl (C=O) groups excluding carboxylic acids is 1. The van der Waals surface area contributed by atoms with Crippen LogP contribution in [0, 0.1) is 5.82 Å². The van der Waals surface area contributed by atoms with E-state index in [1.807, 2.05) is 11.4 Å². The molecule has 1 aromatic carbocycles. The fourth-order valence-electron chi connectivity index (χ4n) is 2.64. The van der Waals surface area contributed by atoms with E-state index in [0.29, 0.717) is 23.7 Å². The molecular weight excluding hydrogens is 303 g/mol. The van der Waals surface area contributed by atoms with Crippen LogP contribution in [0.25, 0.3) is 0 Å². The fraction of sp³-hybridized carbons (Fsp3) is 0.312. The second-order valence-corrected chi connectivity index (χ2v) is 6.04. The Hall–Kier alpha value is -1.92. The maximum absolute atomic E-state index is 13.5. The summed E-state index contributed by atoms with van der Waals surface area (Å²) in [5, 5.41) is 5.08. The predicted octanol–water partition coefficient (Wildman–Crippen LogP) is 2.68.